The van der Waals surface area contributed by atoms with Crippen LogP contribution in [0.4, 0.5) is 0 Å². The molecular weight excluding hydrogens is 208 g/mol. The summed E-state index contributed by atoms with van der Waals surface area (Å²) in [7, 11) is 0. The van der Waals surface area contributed by atoms with Crippen LogP contribution in [-0.2, 0) is 0 Å². The molecule has 1 aliphatic heterocycles. The number of nitrogens with one attached hydrogen (secondary N) is 2. The van der Waals surface area contributed by atoms with E-state index in [-0.39, 0.29) is 0 Å². The lowest BCUT2D eigenvalue weighted by Gasteiger charge is -2.16. The molecule has 0 saturated carbocycles. The minimum atomic E-state index is 0.776. The molecule has 0 spiro atoms. The fraction of sp³-hybridized carbons (Fsp3) is 1.00. The number of rotatable bonds is 1. The summed E-state index contributed by atoms with van der Waals surface area (Å²) >= 11 is 0. The van der Waals surface area contributed by atoms with Gasteiger partial charge in [-0.15, -0.1) is 0 Å². The zero-order chi connectivity index (χ0) is 12.2. The second-order valence-corrected chi connectivity index (χ2v) is 5.43. The van der Waals surface area contributed by atoms with Gasteiger partial charge < -0.3 is 10.6 Å². The third-order valence-corrected chi connectivity index (χ3v) is 3.86. The summed E-state index contributed by atoms with van der Waals surface area (Å²) < 4.78 is 0. The molecule has 1 heterocycles. The van der Waals surface area contributed by atoms with Gasteiger partial charge in [0.25, 0.3) is 0 Å². The van der Waals surface area contributed by atoms with Gasteiger partial charge in [-0.25, -0.2) is 0 Å². The maximum Gasteiger partial charge on any atom is 0.00644 e. The van der Waals surface area contributed by atoms with Crippen molar-refractivity contribution in [1.29, 1.82) is 0 Å². The highest BCUT2D eigenvalue weighted by atomic mass is 14.9. The van der Waals surface area contributed by atoms with Gasteiger partial charge in [-0.2, -0.15) is 0 Å². The Balaban J connectivity index is 2.16. The largest absolute Gasteiger partial charge is 0.317 e. The number of hydrogen-bond acceptors (Lipinski definition) is 2. The maximum atomic E-state index is 3.72. The van der Waals surface area contributed by atoms with Crippen molar-refractivity contribution in [1.82, 2.24) is 10.6 Å². The third kappa shape index (κ3) is 8.62. The molecule has 2 nitrogen and oxygen atoms in total. The lowest BCUT2D eigenvalue weighted by molar-refractivity contribution is 0.437. The molecule has 0 radical (unpaired) electrons. The van der Waals surface area contributed by atoms with Crippen LogP contribution >= 0.6 is 0 Å². The molecule has 1 unspecified atom stereocenters. The van der Waals surface area contributed by atoms with Crippen LogP contribution in [0, 0.1) is 0 Å². The Morgan fingerprint density at radius 1 is 0.765 bits per heavy atom. The summed E-state index contributed by atoms with van der Waals surface area (Å²) in [4.78, 5) is 0. The van der Waals surface area contributed by atoms with Crippen LogP contribution in [0.25, 0.3) is 0 Å². The lowest BCUT2D eigenvalue weighted by atomic mass is 10.0. The van der Waals surface area contributed by atoms with E-state index in [1.54, 1.807) is 0 Å². The van der Waals surface area contributed by atoms with E-state index < -0.39 is 0 Å². The van der Waals surface area contributed by atoms with Crippen molar-refractivity contribution in [2.45, 2.75) is 77.2 Å². The van der Waals surface area contributed by atoms with Gasteiger partial charge in [-0.05, 0) is 51.7 Å². The van der Waals surface area contributed by atoms with Crippen molar-refractivity contribution in [3.63, 3.8) is 0 Å². The Hall–Kier alpha value is -0.0800. The molecule has 1 rings (SSSR count). The van der Waals surface area contributed by atoms with Crippen LogP contribution in [0.5, 0.6) is 0 Å². The van der Waals surface area contributed by atoms with Gasteiger partial charge in [0.1, 0.15) is 0 Å². The topological polar surface area (TPSA) is 24.1 Å². The third-order valence-electron chi connectivity index (χ3n) is 3.86. The molecule has 0 aromatic carbocycles. The summed E-state index contributed by atoms with van der Waals surface area (Å²) in [5.41, 5.74) is 0. The standard InChI is InChI=1S/C15H32N2/c1-2-15-11-7-4-3-5-8-12-16-13-9-6-10-14-17-15/h15-17H,2-14H2,1H3. The summed E-state index contributed by atoms with van der Waals surface area (Å²) in [6, 6.07) is 0.776. The molecule has 102 valence electrons. The van der Waals surface area contributed by atoms with E-state index in [4.69, 9.17) is 0 Å². The van der Waals surface area contributed by atoms with Crippen LogP contribution in [0.2, 0.25) is 0 Å². The van der Waals surface area contributed by atoms with E-state index in [0.717, 1.165) is 6.04 Å². The molecule has 1 saturated heterocycles. The van der Waals surface area contributed by atoms with Gasteiger partial charge in [0.15, 0.2) is 0 Å². The molecule has 1 atom stereocenters. The van der Waals surface area contributed by atoms with Crippen LogP contribution in [-0.4, -0.2) is 25.7 Å². The van der Waals surface area contributed by atoms with E-state index >= 15 is 0 Å². The molecule has 0 amide bonds. The number of hydrogen-bond donors (Lipinski definition) is 2. The van der Waals surface area contributed by atoms with E-state index in [1.165, 1.54) is 83.8 Å². The average Bonchev–Trinajstić information content (AvgIpc) is 2.36. The monoisotopic (exact) mass is 240 g/mol. The fourth-order valence-corrected chi connectivity index (χ4v) is 2.60. The minimum Gasteiger partial charge on any atom is -0.317 e. The second-order valence-electron chi connectivity index (χ2n) is 5.43. The van der Waals surface area contributed by atoms with Crippen molar-refractivity contribution < 1.29 is 0 Å². The highest BCUT2D eigenvalue weighted by Gasteiger charge is 2.04. The first-order chi connectivity index (χ1) is 8.43. The van der Waals surface area contributed by atoms with Gasteiger partial charge in [0, 0.05) is 6.04 Å². The van der Waals surface area contributed by atoms with Crippen molar-refractivity contribution in [2.24, 2.45) is 0 Å². The lowest BCUT2D eigenvalue weighted by Crippen LogP contribution is -2.29. The zero-order valence-corrected chi connectivity index (χ0v) is 11.8. The Bertz CT molecular complexity index is 143. The molecule has 0 bridgehead atoms. The first kappa shape index (κ1) is 15.0. The summed E-state index contributed by atoms with van der Waals surface area (Å²) in [5.74, 6) is 0. The fourth-order valence-electron chi connectivity index (χ4n) is 2.60. The predicted molar refractivity (Wildman–Crippen MR) is 76.5 cm³/mol. The van der Waals surface area contributed by atoms with Crippen LogP contribution in [0.3, 0.4) is 0 Å². The summed E-state index contributed by atoms with van der Waals surface area (Å²) in [6.07, 6.45) is 13.8. The van der Waals surface area contributed by atoms with E-state index in [2.05, 4.69) is 17.6 Å². The minimum absolute atomic E-state index is 0.776. The summed E-state index contributed by atoms with van der Waals surface area (Å²) in [5, 5.41) is 7.27. The highest BCUT2D eigenvalue weighted by molar-refractivity contribution is 4.65. The normalized spacial score (nSPS) is 27.0. The van der Waals surface area contributed by atoms with E-state index in [1.807, 2.05) is 0 Å². The zero-order valence-electron chi connectivity index (χ0n) is 11.8. The predicted octanol–water partition coefficient (Wildman–Crippen LogP) is 3.47. The van der Waals surface area contributed by atoms with Crippen molar-refractivity contribution in [3.8, 4) is 0 Å². The van der Waals surface area contributed by atoms with Crippen LogP contribution < -0.4 is 10.6 Å². The SMILES string of the molecule is CCC1CCCCCCCNCCCCCN1. The van der Waals surface area contributed by atoms with Crippen LogP contribution in [0.1, 0.15) is 71.1 Å². The molecule has 17 heavy (non-hydrogen) atoms. The first-order valence-electron chi connectivity index (χ1n) is 7.87. The molecule has 0 aromatic rings. The van der Waals surface area contributed by atoms with Crippen molar-refractivity contribution in [2.75, 3.05) is 19.6 Å². The smallest absolute Gasteiger partial charge is 0.00644 e. The van der Waals surface area contributed by atoms with Gasteiger partial charge in [-0.3, -0.25) is 0 Å². The van der Waals surface area contributed by atoms with E-state index in [0.29, 0.717) is 0 Å². The highest BCUT2D eigenvalue weighted by Crippen LogP contribution is 2.09. The Morgan fingerprint density at radius 3 is 2.12 bits per heavy atom. The van der Waals surface area contributed by atoms with Gasteiger partial charge >= 0.3 is 0 Å². The van der Waals surface area contributed by atoms with Crippen molar-refractivity contribution in [3.05, 3.63) is 0 Å². The molecule has 0 aliphatic carbocycles. The van der Waals surface area contributed by atoms with Gasteiger partial charge in [0.05, 0.1) is 0 Å². The van der Waals surface area contributed by atoms with Crippen molar-refractivity contribution >= 4 is 0 Å². The Morgan fingerprint density at radius 2 is 1.35 bits per heavy atom. The second kappa shape index (κ2) is 11.0. The molecule has 0 aromatic heterocycles. The molecule has 1 fully saturated rings. The van der Waals surface area contributed by atoms with Gasteiger partial charge in [0.2, 0.25) is 0 Å². The quantitative estimate of drug-likeness (QED) is 0.733. The van der Waals surface area contributed by atoms with Gasteiger partial charge in [-0.1, -0.05) is 39.0 Å². The van der Waals surface area contributed by atoms with Crippen LogP contribution in [0.15, 0.2) is 0 Å². The van der Waals surface area contributed by atoms with E-state index in [9.17, 15) is 0 Å². The Labute approximate surface area is 108 Å². The Kier molecular flexibility index (Phi) is 9.72. The first-order valence-corrected chi connectivity index (χ1v) is 7.87. The molecule has 1 aliphatic rings. The average molecular weight is 240 g/mol. The summed E-state index contributed by atoms with van der Waals surface area (Å²) in [6.45, 7) is 5.99. The molecular formula is C15H32N2. The maximum absolute atomic E-state index is 3.72. The molecule has 2 N–H and O–H groups in total. The molecule has 2 heteroatoms.